The van der Waals surface area contributed by atoms with Crippen LogP contribution in [0.3, 0.4) is 0 Å². The van der Waals surface area contributed by atoms with Gasteiger partial charge in [0.05, 0.1) is 27.2 Å². The largest absolute Gasteiger partial charge is 0.416 e. The quantitative estimate of drug-likeness (QED) is 0.335. The summed E-state index contributed by atoms with van der Waals surface area (Å²) in [4.78, 5) is 28.9. The van der Waals surface area contributed by atoms with Crippen LogP contribution in [0.15, 0.2) is 47.6 Å². The van der Waals surface area contributed by atoms with Gasteiger partial charge in [0, 0.05) is 38.2 Å². The van der Waals surface area contributed by atoms with E-state index in [0.29, 0.717) is 25.8 Å². The number of thioether (sulfide) groups is 1. The summed E-state index contributed by atoms with van der Waals surface area (Å²) in [6.45, 7) is 1.29. The molecule has 7 nitrogen and oxygen atoms in total. The third-order valence-electron chi connectivity index (χ3n) is 4.73. The summed E-state index contributed by atoms with van der Waals surface area (Å²) in [5.41, 5.74) is -0.962. The number of carbonyl (C=O) groups excluding carboxylic acids is 1. The molecule has 31 heavy (non-hydrogen) atoms. The van der Waals surface area contributed by atoms with Crippen LogP contribution in [0.2, 0.25) is 0 Å². The number of aromatic nitrogens is 1. The summed E-state index contributed by atoms with van der Waals surface area (Å²) >= 11 is 0.843. The molecule has 0 spiro atoms. The summed E-state index contributed by atoms with van der Waals surface area (Å²) in [6.07, 6.45) is 0.219. The Hall–Kier alpha value is -2.66. The molecule has 1 unspecified atom stereocenters. The van der Waals surface area contributed by atoms with Crippen LogP contribution < -0.4 is 0 Å². The van der Waals surface area contributed by atoms with Crippen molar-refractivity contribution >= 4 is 23.4 Å². The molecule has 1 fully saturated rings. The first-order chi connectivity index (χ1) is 14.7. The number of benzene rings is 1. The molecule has 166 valence electrons. The molecule has 1 atom stereocenters. The van der Waals surface area contributed by atoms with Gasteiger partial charge >= 0.3 is 6.18 Å². The summed E-state index contributed by atoms with van der Waals surface area (Å²) in [5, 5.41) is 11.3. The second kappa shape index (κ2) is 10.1. The number of hydrogen-bond acceptors (Lipinski definition) is 6. The van der Waals surface area contributed by atoms with Crippen molar-refractivity contribution in [3.8, 4) is 0 Å². The maximum absolute atomic E-state index is 12.9. The lowest BCUT2D eigenvalue weighted by molar-refractivity contribution is -0.388. The Balaban J connectivity index is 1.73. The van der Waals surface area contributed by atoms with E-state index in [-0.39, 0.29) is 22.7 Å². The zero-order valence-electron chi connectivity index (χ0n) is 16.4. The van der Waals surface area contributed by atoms with Gasteiger partial charge in [0.1, 0.15) is 0 Å². The molecule has 1 saturated heterocycles. The van der Waals surface area contributed by atoms with Crippen molar-refractivity contribution in [2.75, 3.05) is 18.9 Å². The normalized spacial score (nSPS) is 16.3. The molecule has 1 amide bonds. The first-order valence-corrected chi connectivity index (χ1v) is 10.5. The number of halogens is 3. The lowest BCUT2D eigenvalue weighted by atomic mass is 10.2. The van der Waals surface area contributed by atoms with Crippen LogP contribution in [-0.4, -0.2) is 45.7 Å². The molecule has 1 aliphatic heterocycles. The molecule has 0 N–H and O–H groups in total. The number of nitrogens with zero attached hydrogens (tertiary/aromatic N) is 3. The van der Waals surface area contributed by atoms with Crippen LogP contribution in [-0.2, 0) is 22.3 Å². The number of carbonyl (C=O) groups is 1. The minimum Gasteiger partial charge on any atom is -0.376 e. The molecule has 1 aromatic carbocycles. The molecule has 0 bridgehead atoms. The van der Waals surface area contributed by atoms with Crippen molar-refractivity contribution in [1.29, 1.82) is 0 Å². The van der Waals surface area contributed by atoms with Crippen molar-refractivity contribution < 1.29 is 27.6 Å². The van der Waals surface area contributed by atoms with Gasteiger partial charge in [0.25, 0.3) is 5.69 Å². The maximum atomic E-state index is 12.9. The SMILES string of the molecule is O=C(CSc1ccc(C(F)(F)F)cc1[N+](=O)[O-])N(Cc1cccnc1)CC1CCCO1. The number of rotatable bonds is 8. The summed E-state index contributed by atoms with van der Waals surface area (Å²) in [7, 11) is 0. The minimum absolute atomic E-state index is 0.00444. The van der Waals surface area contributed by atoms with Gasteiger partial charge in [-0.2, -0.15) is 13.2 Å². The predicted molar refractivity (Wildman–Crippen MR) is 107 cm³/mol. The van der Waals surface area contributed by atoms with Gasteiger partial charge in [-0.1, -0.05) is 6.07 Å². The van der Waals surface area contributed by atoms with Crippen molar-refractivity contribution in [2.45, 2.75) is 36.6 Å². The minimum atomic E-state index is -4.69. The second-order valence-corrected chi connectivity index (χ2v) is 8.01. The summed E-state index contributed by atoms with van der Waals surface area (Å²) in [6, 6.07) is 5.89. The van der Waals surface area contributed by atoms with Crippen LogP contribution in [0, 0.1) is 10.1 Å². The van der Waals surface area contributed by atoms with Crippen molar-refractivity contribution in [2.24, 2.45) is 0 Å². The third-order valence-corrected chi connectivity index (χ3v) is 5.78. The highest BCUT2D eigenvalue weighted by molar-refractivity contribution is 8.00. The Morgan fingerprint density at radius 3 is 2.77 bits per heavy atom. The van der Waals surface area contributed by atoms with Crippen molar-refractivity contribution in [3.05, 3.63) is 64.0 Å². The first kappa shape index (κ1) is 23.0. The first-order valence-electron chi connectivity index (χ1n) is 9.51. The van der Waals surface area contributed by atoms with Crippen LogP contribution in [0.4, 0.5) is 18.9 Å². The van der Waals surface area contributed by atoms with Gasteiger partial charge in [-0.15, -0.1) is 11.8 Å². The van der Waals surface area contributed by atoms with Gasteiger partial charge in [0.2, 0.25) is 5.91 Å². The fourth-order valence-electron chi connectivity index (χ4n) is 3.19. The molecule has 2 aromatic rings. The van der Waals surface area contributed by atoms with Gasteiger partial charge in [-0.05, 0) is 36.6 Å². The molecular formula is C20H20F3N3O4S. The second-order valence-electron chi connectivity index (χ2n) is 7.00. The number of nitro benzene ring substituents is 1. The Morgan fingerprint density at radius 2 is 2.16 bits per heavy atom. The fraction of sp³-hybridized carbons (Fsp3) is 0.400. The van der Waals surface area contributed by atoms with Gasteiger partial charge in [0.15, 0.2) is 0 Å². The van der Waals surface area contributed by atoms with E-state index >= 15 is 0 Å². The Bertz CT molecular complexity index is 922. The zero-order chi connectivity index (χ0) is 22.4. The topological polar surface area (TPSA) is 85.6 Å². The van der Waals surface area contributed by atoms with Gasteiger partial charge < -0.3 is 9.64 Å². The summed E-state index contributed by atoms with van der Waals surface area (Å²) < 4.78 is 44.2. The highest BCUT2D eigenvalue weighted by atomic mass is 32.2. The van der Waals surface area contributed by atoms with E-state index in [4.69, 9.17) is 4.74 Å². The van der Waals surface area contributed by atoms with E-state index in [9.17, 15) is 28.1 Å². The van der Waals surface area contributed by atoms with E-state index in [2.05, 4.69) is 4.98 Å². The van der Waals surface area contributed by atoms with E-state index in [1.165, 1.54) is 0 Å². The van der Waals surface area contributed by atoms with Gasteiger partial charge in [-0.25, -0.2) is 0 Å². The van der Waals surface area contributed by atoms with E-state index < -0.39 is 22.4 Å². The monoisotopic (exact) mass is 455 g/mol. The average Bonchev–Trinajstić information content (AvgIpc) is 3.24. The number of alkyl halides is 3. The lowest BCUT2D eigenvalue weighted by Crippen LogP contribution is -2.38. The standard InChI is InChI=1S/C20H20F3N3O4S/c21-20(22,23)15-5-6-18(17(9-15)26(28)29)31-13-19(27)25(12-16-4-2-8-30-16)11-14-3-1-7-24-10-14/h1,3,5-7,9-10,16H,2,4,8,11-13H2. The van der Waals surface area contributed by atoms with E-state index in [0.717, 1.165) is 42.3 Å². The van der Waals surface area contributed by atoms with Crippen molar-refractivity contribution in [1.82, 2.24) is 9.88 Å². The Labute approximate surface area is 180 Å². The zero-order valence-corrected chi connectivity index (χ0v) is 17.2. The Morgan fingerprint density at radius 1 is 1.35 bits per heavy atom. The molecular weight excluding hydrogens is 435 g/mol. The molecule has 0 aliphatic carbocycles. The fourth-order valence-corrected chi connectivity index (χ4v) is 4.10. The predicted octanol–water partition coefficient (Wildman–Crippen LogP) is 4.31. The van der Waals surface area contributed by atoms with Crippen LogP contribution in [0.25, 0.3) is 0 Å². The van der Waals surface area contributed by atoms with E-state index in [1.807, 2.05) is 6.07 Å². The van der Waals surface area contributed by atoms with E-state index in [1.54, 1.807) is 23.4 Å². The van der Waals surface area contributed by atoms with Crippen molar-refractivity contribution in [3.63, 3.8) is 0 Å². The highest BCUT2D eigenvalue weighted by Crippen LogP contribution is 2.36. The number of amides is 1. The molecule has 1 aromatic heterocycles. The number of nitro groups is 1. The number of hydrogen-bond donors (Lipinski definition) is 0. The molecule has 0 saturated carbocycles. The van der Waals surface area contributed by atoms with Crippen LogP contribution >= 0.6 is 11.8 Å². The van der Waals surface area contributed by atoms with Crippen LogP contribution in [0.5, 0.6) is 0 Å². The van der Waals surface area contributed by atoms with Crippen LogP contribution in [0.1, 0.15) is 24.0 Å². The van der Waals surface area contributed by atoms with Gasteiger partial charge in [-0.3, -0.25) is 19.9 Å². The third kappa shape index (κ3) is 6.41. The Kier molecular flexibility index (Phi) is 7.50. The number of ether oxygens (including phenoxy) is 1. The molecule has 0 radical (unpaired) electrons. The average molecular weight is 455 g/mol. The molecule has 1 aliphatic rings. The summed E-state index contributed by atoms with van der Waals surface area (Å²) in [5.74, 6) is -0.447. The molecule has 2 heterocycles. The lowest BCUT2D eigenvalue weighted by Gasteiger charge is -2.25. The molecule has 11 heteroatoms. The highest BCUT2D eigenvalue weighted by Gasteiger charge is 2.33. The molecule has 3 rings (SSSR count). The smallest absolute Gasteiger partial charge is 0.376 e. The number of pyridine rings is 1. The maximum Gasteiger partial charge on any atom is 0.416 e.